The van der Waals surface area contributed by atoms with Crippen LogP contribution in [-0.4, -0.2) is 54.0 Å². The number of benzene rings is 1. The molecule has 7 heteroatoms. The largest absolute Gasteiger partial charge is 0.381 e. The number of carbonyl (C=O) groups is 3. The van der Waals surface area contributed by atoms with E-state index < -0.39 is 6.04 Å². The number of piperidine rings is 1. The quantitative estimate of drug-likeness (QED) is 0.670. The second-order valence-electron chi connectivity index (χ2n) is 10.2. The highest BCUT2D eigenvalue weighted by atomic mass is 16.5. The van der Waals surface area contributed by atoms with E-state index in [0.717, 1.165) is 38.0 Å². The van der Waals surface area contributed by atoms with Crippen LogP contribution in [0.15, 0.2) is 18.2 Å². The number of carbonyl (C=O) groups excluding carboxylic acids is 3. The van der Waals surface area contributed by atoms with Crippen LogP contribution in [0, 0.1) is 5.92 Å². The summed E-state index contributed by atoms with van der Waals surface area (Å²) in [6.07, 6.45) is 10.2. The van der Waals surface area contributed by atoms with Gasteiger partial charge in [0.1, 0.15) is 6.04 Å². The number of hydrogen-bond donors (Lipinski definition) is 2. The molecule has 4 atom stereocenters. The molecular weight excluding hydrogens is 418 g/mol. The molecule has 33 heavy (non-hydrogen) atoms. The van der Waals surface area contributed by atoms with Gasteiger partial charge in [-0.3, -0.25) is 19.7 Å². The van der Waals surface area contributed by atoms with Gasteiger partial charge in [0.05, 0.1) is 0 Å². The highest BCUT2D eigenvalue weighted by Crippen LogP contribution is 2.32. The van der Waals surface area contributed by atoms with Crippen LogP contribution in [0.2, 0.25) is 0 Å². The Labute approximate surface area is 195 Å². The van der Waals surface area contributed by atoms with E-state index in [2.05, 4.69) is 22.8 Å². The summed E-state index contributed by atoms with van der Waals surface area (Å²) in [6.45, 7) is 2.19. The van der Waals surface area contributed by atoms with Gasteiger partial charge in [-0.15, -0.1) is 0 Å². The minimum Gasteiger partial charge on any atom is -0.381 e. The Bertz CT molecular complexity index is 909. The number of amides is 3. The van der Waals surface area contributed by atoms with Gasteiger partial charge >= 0.3 is 0 Å². The van der Waals surface area contributed by atoms with Crippen molar-refractivity contribution in [3.05, 3.63) is 34.9 Å². The molecule has 7 nitrogen and oxygen atoms in total. The van der Waals surface area contributed by atoms with Crippen LogP contribution in [0.5, 0.6) is 0 Å². The molecule has 0 bridgehead atoms. The molecule has 5 rings (SSSR count). The molecule has 1 aromatic rings. The van der Waals surface area contributed by atoms with Crippen molar-refractivity contribution in [2.45, 2.75) is 88.9 Å². The average Bonchev–Trinajstić information content (AvgIpc) is 2.96. The Kier molecular flexibility index (Phi) is 6.79. The number of imide groups is 1. The summed E-state index contributed by atoms with van der Waals surface area (Å²) < 4.78 is 5.64. The van der Waals surface area contributed by atoms with Gasteiger partial charge in [-0.05, 0) is 68.1 Å². The van der Waals surface area contributed by atoms with Crippen molar-refractivity contribution < 1.29 is 19.1 Å². The fourth-order valence-corrected chi connectivity index (χ4v) is 6.10. The first-order valence-electron chi connectivity index (χ1n) is 12.7. The minimum atomic E-state index is -0.554. The van der Waals surface area contributed by atoms with E-state index in [0.29, 0.717) is 36.5 Å². The first-order chi connectivity index (χ1) is 16.1. The summed E-state index contributed by atoms with van der Waals surface area (Å²) in [6, 6.07) is 6.74. The van der Waals surface area contributed by atoms with E-state index in [-0.39, 0.29) is 24.1 Å². The van der Waals surface area contributed by atoms with Crippen LogP contribution in [0.1, 0.15) is 79.3 Å². The summed E-state index contributed by atoms with van der Waals surface area (Å²) >= 11 is 0. The molecular formula is C26H35N3O4. The number of fused-ring (bicyclic) bond motifs is 1. The molecule has 3 amide bonds. The SMILES string of the molecule is O=C1CCC(N2Cc3cc(C[C@H]4CCCC[C@@H]4NC4CCCOCC4)ccc3C2=O)C(=O)N1. The summed E-state index contributed by atoms with van der Waals surface area (Å²) in [5, 5.41) is 6.35. The second-order valence-corrected chi connectivity index (χ2v) is 10.2. The normalized spacial score (nSPS) is 30.7. The van der Waals surface area contributed by atoms with Crippen LogP contribution < -0.4 is 10.6 Å². The third-order valence-electron chi connectivity index (χ3n) is 7.90. The first-order valence-corrected chi connectivity index (χ1v) is 12.7. The van der Waals surface area contributed by atoms with Gasteiger partial charge < -0.3 is 15.0 Å². The third kappa shape index (κ3) is 4.99. The Morgan fingerprint density at radius 3 is 2.76 bits per heavy atom. The van der Waals surface area contributed by atoms with Crippen LogP contribution in [0.25, 0.3) is 0 Å². The van der Waals surface area contributed by atoms with Crippen LogP contribution >= 0.6 is 0 Å². The van der Waals surface area contributed by atoms with Gasteiger partial charge in [0.2, 0.25) is 11.8 Å². The van der Waals surface area contributed by atoms with Crippen molar-refractivity contribution in [2.24, 2.45) is 5.92 Å². The highest BCUT2D eigenvalue weighted by molar-refractivity contribution is 6.05. The molecule has 3 fully saturated rings. The lowest BCUT2D eigenvalue weighted by atomic mass is 9.80. The van der Waals surface area contributed by atoms with Crippen LogP contribution in [0.4, 0.5) is 0 Å². The molecule has 0 aromatic heterocycles. The summed E-state index contributed by atoms with van der Waals surface area (Å²) in [5.74, 6) is -0.106. The van der Waals surface area contributed by atoms with E-state index in [1.165, 1.54) is 37.7 Å². The van der Waals surface area contributed by atoms with Crippen molar-refractivity contribution in [2.75, 3.05) is 13.2 Å². The predicted molar refractivity (Wildman–Crippen MR) is 124 cm³/mol. The van der Waals surface area contributed by atoms with Gasteiger partial charge in [-0.1, -0.05) is 25.0 Å². The maximum Gasteiger partial charge on any atom is 0.255 e. The molecule has 1 aromatic carbocycles. The Morgan fingerprint density at radius 2 is 1.88 bits per heavy atom. The standard InChI is InChI=1S/C26H35N3O4/c30-24-10-9-23(25(31)28-24)29-16-19-15-17(7-8-21(19)26(29)32)14-18-4-1-2-6-22(18)27-20-5-3-12-33-13-11-20/h7-8,15,18,20,22-23,27H,1-6,9-14,16H2,(H,28,30,31)/t18-,20?,22+,23?/m1/s1. The molecule has 3 heterocycles. The van der Waals surface area contributed by atoms with Gasteiger partial charge in [0.15, 0.2) is 0 Å². The molecule has 0 radical (unpaired) electrons. The van der Waals surface area contributed by atoms with Gasteiger partial charge in [-0.25, -0.2) is 0 Å². The van der Waals surface area contributed by atoms with Gasteiger partial charge in [-0.2, -0.15) is 0 Å². The number of hydrogen-bond acceptors (Lipinski definition) is 5. The van der Waals surface area contributed by atoms with E-state index in [9.17, 15) is 14.4 Å². The number of ether oxygens (including phenoxy) is 1. The smallest absolute Gasteiger partial charge is 0.255 e. The highest BCUT2D eigenvalue weighted by Gasteiger charge is 2.39. The molecule has 2 saturated heterocycles. The average molecular weight is 454 g/mol. The molecule has 0 spiro atoms. The second kappa shape index (κ2) is 9.94. The van der Waals surface area contributed by atoms with Gasteiger partial charge in [0.25, 0.3) is 5.91 Å². The van der Waals surface area contributed by atoms with Crippen molar-refractivity contribution >= 4 is 17.7 Å². The third-order valence-corrected chi connectivity index (χ3v) is 7.90. The van der Waals surface area contributed by atoms with E-state index in [1.807, 2.05) is 6.07 Å². The van der Waals surface area contributed by atoms with Crippen LogP contribution in [-0.2, 0) is 27.3 Å². The zero-order valence-corrected chi connectivity index (χ0v) is 19.3. The lowest BCUT2D eigenvalue weighted by Gasteiger charge is -2.35. The fraction of sp³-hybridized carbons (Fsp3) is 0.654. The summed E-state index contributed by atoms with van der Waals surface area (Å²) in [4.78, 5) is 38.4. The monoisotopic (exact) mass is 453 g/mol. The number of rotatable bonds is 5. The first kappa shape index (κ1) is 22.5. The Balaban J connectivity index is 1.25. The van der Waals surface area contributed by atoms with Crippen molar-refractivity contribution in [1.82, 2.24) is 15.5 Å². The molecule has 2 N–H and O–H groups in total. The summed E-state index contributed by atoms with van der Waals surface area (Å²) in [7, 11) is 0. The van der Waals surface area contributed by atoms with Crippen molar-refractivity contribution in [3.63, 3.8) is 0 Å². The van der Waals surface area contributed by atoms with Crippen molar-refractivity contribution in [3.8, 4) is 0 Å². The van der Waals surface area contributed by atoms with Gasteiger partial charge in [0, 0.05) is 43.8 Å². The van der Waals surface area contributed by atoms with Crippen LogP contribution in [0.3, 0.4) is 0 Å². The maximum atomic E-state index is 13.0. The molecule has 1 aliphatic carbocycles. The zero-order chi connectivity index (χ0) is 22.8. The predicted octanol–water partition coefficient (Wildman–Crippen LogP) is 2.71. The van der Waals surface area contributed by atoms with E-state index in [1.54, 1.807) is 4.90 Å². The Morgan fingerprint density at radius 1 is 1.00 bits per heavy atom. The number of nitrogens with zero attached hydrogens (tertiary/aromatic N) is 1. The topological polar surface area (TPSA) is 87.7 Å². The summed E-state index contributed by atoms with van der Waals surface area (Å²) in [5.41, 5.74) is 2.97. The minimum absolute atomic E-state index is 0.0983. The van der Waals surface area contributed by atoms with Crippen molar-refractivity contribution in [1.29, 1.82) is 0 Å². The lowest BCUT2D eigenvalue weighted by molar-refractivity contribution is -0.136. The fourth-order valence-electron chi connectivity index (χ4n) is 6.10. The number of nitrogens with one attached hydrogen (secondary N) is 2. The zero-order valence-electron chi connectivity index (χ0n) is 19.3. The molecule has 3 aliphatic heterocycles. The Hall–Kier alpha value is -2.25. The lowest BCUT2D eigenvalue weighted by Crippen LogP contribution is -2.52. The molecule has 178 valence electrons. The maximum absolute atomic E-state index is 13.0. The van der Waals surface area contributed by atoms with E-state index in [4.69, 9.17) is 4.74 Å². The molecule has 2 unspecified atom stereocenters. The molecule has 4 aliphatic rings. The van der Waals surface area contributed by atoms with E-state index >= 15 is 0 Å². The molecule has 1 saturated carbocycles.